The molecule has 156 valence electrons. The molecule has 3 rings (SSSR count). The molecule has 0 saturated carbocycles. The van der Waals surface area contributed by atoms with E-state index in [0.717, 1.165) is 12.1 Å². The minimum Gasteiger partial charge on any atom is -0.467 e. The van der Waals surface area contributed by atoms with Crippen LogP contribution in [-0.2, 0) is 16.6 Å². The first-order valence-electron chi connectivity index (χ1n) is 8.24. The number of hydrogen-bond acceptors (Lipinski definition) is 6. The van der Waals surface area contributed by atoms with Crippen molar-refractivity contribution in [3.05, 3.63) is 86.3 Å². The lowest BCUT2D eigenvalue weighted by Gasteiger charge is -2.11. The third-order valence-electron chi connectivity index (χ3n) is 3.88. The van der Waals surface area contributed by atoms with Crippen LogP contribution in [0.5, 0.6) is 0 Å². The standard InChI is InChI=1S/C18H13Cl2N3O6S/c19-11-3-5-12(6-4-11)22-30(27,28)17-8-14(15(20)9-16(17)23(25)26)18(24)21-10-13-2-1-7-29-13/h1-9,22H,10H2,(H,21,24). The molecule has 9 nitrogen and oxygen atoms in total. The summed E-state index contributed by atoms with van der Waals surface area (Å²) >= 11 is 11.8. The summed E-state index contributed by atoms with van der Waals surface area (Å²) < 4.78 is 32.9. The monoisotopic (exact) mass is 469 g/mol. The molecule has 2 aromatic carbocycles. The summed E-state index contributed by atoms with van der Waals surface area (Å²) in [5.41, 5.74) is -0.887. The number of rotatable bonds is 7. The van der Waals surface area contributed by atoms with Crippen LogP contribution in [0, 0.1) is 10.1 Å². The van der Waals surface area contributed by atoms with Gasteiger partial charge in [0.1, 0.15) is 5.76 Å². The van der Waals surface area contributed by atoms with E-state index in [1.165, 1.54) is 30.5 Å². The van der Waals surface area contributed by atoms with Crippen LogP contribution in [-0.4, -0.2) is 19.2 Å². The first-order chi connectivity index (χ1) is 14.2. The van der Waals surface area contributed by atoms with Crippen molar-refractivity contribution in [2.24, 2.45) is 0 Å². The van der Waals surface area contributed by atoms with Gasteiger partial charge < -0.3 is 9.73 Å². The van der Waals surface area contributed by atoms with E-state index >= 15 is 0 Å². The summed E-state index contributed by atoms with van der Waals surface area (Å²) in [7, 11) is -4.42. The summed E-state index contributed by atoms with van der Waals surface area (Å²) in [5, 5.41) is 14.0. The third-order valence-corrected chi connectivity index (χ3v) is 5.85. The number of carbonyl (C=O) groups excluding carboxylic acids is 1. The number of benzene rings is 2. The van der Waals surface area contributed by atoms with Crippen molar-refractivity contribution in [1.29, 1.82) is 0 Å². The Balaban J connectivity index is 1.97. The summed E-state index contributed by atoms with van der Waals surface area (Å²) in [6.07, 6.45) is 1.42. The highest BCUT2D eigenvalue weighted by Crippen LogP contribution is 2.32. The maximum absolute atomic E-state index is 12.8. The van der Waals surface area contributed by atoms with Crippen LogP contribution in [0.15, 0.2) is 64.1 Å². The number of nitro benzene ring substituents is 1. The van der Waals surface area contributed by atoms with E-state index in [4.69, 9.17) is 27.6 Å². The number of nitro groups is 1. The largest absolute Gasteiger partial charge is 0.467 e. The van der Waals surface area contributed by atoms with Crippen LogP contribution in [0.1, 0.15) is 16.1 Å². The molecule has 0 saturated heterocycles. The Morgan fingerprint density at radius 1 is 1.13 bits per heavy atom. The number of amides is 1. The van der Waals surface area contributed by atoms with Gasteiger partial charge in [0.25, 0.3) is 21.6 Å². The number of sulfonamides is 1. The Kier molecular flexibility index (Phi) is 6.30. The lowest BCUT2D eigenvalue weighted by molar-refractivity contribution is -0.387. The molecule has 2 N–H and O–H groups in total. The van der Waals surface area contributed by atoms with Gasteiger partial charge in [-0.05, 0) is 42.5 Å². The topological polar surface area (TPSA) is 132 Å². The number of nitrogens with zero attached hydrogens (tertiary/aromatic N) is 1. The molecule has 1 aromatic heterocycles. The van der Waals surface area contributed by atoms with Gasteiger partial charge in [0, 0.05) is 16.8 Å². The fourth-order valence-electron chi connectivity index (χ4n) is 2.48. The Bertz CT molecular complexity index is 1200. The molecule has 0 atom stereocenters. The number of halogens is 2. The third kappa shape index (κ3) is 4.90. The van der Waals surface area contributed by atoms with Gasteiger partial charge >= 0.3 is 0 Å². The van der Waals surface area contributed by atoms with Crippen LogP contribution in [0.3, 0.4) is 0 Å². The van der Waals surface area contributed by atoms with Crippen molar-refractivity contribution in [3.63, 3.8) is 0 Å². The van der Waals surface area contributed by atoms with E-state index in [-0.39, 0.29) is 22.8 Å². The van der Waals surface area contributed by atoms with Gasteiger partial charge in [0.2, 0.25) is 0 Å². The predicted octanol–water partition coefficient (Wildman–Crippen LogP) is 4.23. The fourth-order valence-corrected chi connectivity index (χ4v) is 4.09. The van der Waals surface area contributed by atoms with Crippen molar-refractivity contribution in [3.8, 4) is 0 Å². The van der Waals surface area contributed by atoms with E-state index in [1.54, 1.807) is 12.1 Å². The molecule has 3 aromatic rings. The molecule has 0 radical (unpaired) electrons. The molecule has 1 amide bonds. The fraction of sp³-hybridized carbons (Fsp3) is 0.0556. The molecular weight excluding hydrogens is 457 g/mol. The van der Waals surface area contributed by atoms with Gasteiger partial charge in [-0.1, -0.05) is 23.2 Å². The highest BCUT2D eigenvalue weighted by atomic mass is 35.5. The molecule has 0 aliphatic rings. The van der Waals surface area contributed by atoms with Crippen molar-refractivity contribution >= 4 is 50.5 Å². The number of furan rings is 1. The van der Waals surface area contributed by atoms with E-state index in [9.17, 15) is 23.3 Å². The normalized spacial score (nSPS) is 11.1. The lowest BCUT2D eigenvalue weighted by Crippen LogP contribution is -2.24. The van der Waals surface area contributed by atoms with Crippen LogP contribution in [0.2, 0.25) is 10.0 Å². The smallest absolute Gasteiger partial charge is 0.291 e. The Labute approximate surface area is 180 Å². The zero-order valence-corrected chi connectivity index (χ0v) is 17.3. The molecule has 30 heavy (non-hydrogen) atoms. The Morgan fingerprint density at radius 3 is 2.43 bits per heavy atom. The second-order valence-electron chi connectivity index (χ2n) is 5.93. The van der Waals surface area contributed by atoms with Crippen LogP contribution < -0.4 is 10.0 Å². The van der Waals surface area contributed by atoms with Crippen LogP contribution >= 0.6 is 23.2 Å². The molecule has 0 bridgehead atoms. The van der Waals surface area contributed by atoms with Gasteiger partial charge in [-0.25, -0.2) is 8.42 Å². The second kappa shape index (κ2) is 8.74. The van der Waals surface area contributed by atoms with E-state index in [0.29, 0.717) is 10.8 Å². The molecule has 0 spiro atoms. The zero-order chi connectivity index (χ0) is 21.9. The van der Waals surface area contributed by atoms with E-state index in [2.05, 4.69) is 10.0 Å². The molecule has 1 heterocycles. The van der Waals surface area contributed by atoms with Gasteiger partial charge in [0.15, 0.2) is 4.90 Å². The minimum atomic E-state index is -4.42. The highest BCUT2D eigenvalue weighted by molar-refractivity contribution is 7.92. The van der Waals surface area contributed by atoms with Crippen LogP contribution in [0.4, 0.5) is 11.4 Å². The Morgan fingerprint density at radius 2 is 1.83 bits per heavy atom. The predicted molar refractivity (Wildman–Crippen MR) is 110 cm³/mol. The minimum absolute atomic E-state index is 0.0181. The van der Waals surface area contributed by atoms with E-state index in [1.807, 2.05) is 0 Å². The number of nitrogens with one attached hydrogen (secondary N) is 2. The molecular formula is C18H13Cl2N3O6S. The van der Waals surface area contributed by atoms with Crippen molar-refractivity contribution in [2.45, 2.75) is 11.4 Å². The Hall–Kier alpha value is -3.08. The van der Waals surface area contributed by atoms with Gasteiger partial charge in [-0.2, -0.15) is 0 Å². The lowest BCUT2D eigenvalue weighted by atomic mass is 10.2. The van der Waals surface area contributed by atoms with Crippen molar-refractivity contribution in [1.82, 2.24) is 5.32 Å². The number of anilines is 1. The van der Waals surface area contributed by atoms with Crippen molar-refractivity contribution < 1.29 is 22.6 Å². The van der Waals surface area contributed by atoms with Gasteiger partial charge in [-0.15, -0.1) is 0 Å². The highest BCUT2D eigenvalue weighted by Gasteiger charge is 2.29. The van der Waals surface area contributed by atoms with Crippen LogP contribution in [0.25, 0.3) is 0 Å². The maximum atomic E-state index is 12.8. The molecule has 0 fully saturated rings. The molecule has 0 unspecified atom stereocenters. The first kappa shape index (κ1) is 21.6. The summed E-state index contributed by atoms with van der Waals surface area (Å²) in [4.78, 5) is 22.3. The van der Waals surface area contributed by atoms with Crippen molar-refractivity contribution in [2.75, 3.05) is 4.72 Å². The zero-order valence-electron chi connectivity index (χ0n) is 15.0. The number of carbonyl (C=O) groups is 1. The number of hydrogen-bond donors (Lipinski definition) is 2. The summed E-state index contributed by atoms with van der Waals surface area (Å²) in [6, 6.07) is 10.6. The summed E-state index contributed by atoms with van der Waals surface area (Å²) in [6.45, 7) is 0.0181. The second-order valence-corrected chi connectivity index (χ2v) is 8.43. The molecule has 0 aliphatic carbocycles. The first-order valence-corrected chi connectivity index (χ1v) is 10.5. The SMILES string of the molecule is O=C(NCc1ccco1)c1cc(S(=O)(=O)Nc2ccc(Cl)cc2)c([N+](=O)[O-])cc1Cl. The average molecular weight is 470 g/mol. The average Bonchev–Trinajstić information content (AvgIpc) is 3.21. The van der Waals surface area contributed by atoms with Gasteiger partial charge in [-0.3, -0.25) is 19.6 Å². The molecule has 0 aliphatic heterocycles. The molecule has 12 heteroatoms. The van der Waals surface area contributed by atoms with Gasteiger partial charge in [0.05, 0.1) is 28.3 Å². The maximum Gasteiger partial charge on any atom is 0.291 e. The van der Waals surface area contributed by atoms with E-state index < -0.39 is 31.4 Å². The summed E-state index contributed by atoms with van der Waals surface area (Å²) in [5.74, 6) is -0.270. The quantitative estimate of drug-likeness (QED) is 0.393.